The second kappa shape index (κ2) is 20.3. The van der Waals surface area contributed by atoms with Crippen LogP contribution in [0.5, 0.6) is 0 Å². The van der Waals surface area contributed by atoms with Gasteiger partial charge in [-0.25, -0.2) is 18.7 Å². The van der Waals surface area contributed by atoms with Crippen LogP contribution in [-0.4, -0.2) is 80.8 Å². The fraction of sp³-hybridized carbons (Fsp3) is 0.524. The molecule has 2 aromatic carbocycles. The molecule has 2 aromatic heterocycles. The minimum atomic E-state index is -4.02. The van der Waals surface area contributed by atoms with Crippen LogP contribution >= 0.6 is 19.2 Å². The Morgan fingerprint density at radius 1 is 0.949 bits per heavy atom. The first-order valence-electron chi connectivity index (χ1n) is 20.6. The molecule has 1 fully saturated rings. The van der Waals surface area contributed by atoms with Crippen LogP contribution in [0.1, 0.15) is 107 Å². The summed E-state index contributed by atoms with van der Waals surface area (Å²) in [7, 11) is -4.02. The van der Waals surface area contributed by atoms with Crippen molar-refractivity contribution in [3.05, 3.63) is 64.3 Å². The lowest BCUT2D eigenvalue weighted by Crippen LogP contribution is -2.46. The number of benzene rings is 2. The molecule has 0 aliphatic carbocycles. The third-order valence-corrected chi connectivity index (χ3v) is 13.2. The van der Waals surface area contributed by atoms with E-state index in [-0.39, 0.29) is 59.8 Å². The van der Waals surface area contributed by atoms with Gasteiger partial charge in [-0.1, -0.05) is 62.6 Å². The zero-order valence-corrected chi connectivity index (χ0v) is 35.6. The van der Waals surface area contributed by atoms with Gasteiger partial charge in [0.2, 0.25) is 17.8 Å². The Hall–Kier alpha value is -4.30. The molecule has 59 heavy (non-hydrogen) atoms. The number of amides is 2. The molecule has 5 aliphatic rings. The summed E-state index contributed by atoms with van der Waals surface area (Å²) in [4.78, 5) is 50.8. The summed E-state index contributed by atoms with van der Waals surface area (Å²) in [6.07, 6.45) is 11.8. The van der Waals surface area contributed by atoms with Crippen molar-refractivity contribution >= 4 is 59.0 Å². The Morgan fingerprint density at radius 2 is 1.61 bits per heavy atom. The van der Waals surface area contributed by atoms with E-state index in [9.17, 15) is 18.9 Å². The second-order valence-corrected chi connectivity index (χ2v) is 17.5. The summed E-state index contributed by atoms with van der Waals surface area (Å²) in [6, 6.07) is 5.28. The van der Waals surface area contributed by atoms with E-state index >= 15 is 8.78 Å². The number of ketones is 1. The molecule has 5 aliphatic heterocycles. The average Bonchev–Trinajstić information content (AvgIpc) is 3.78. The van der Waals surface area contributed by atoms with E-state index < -0.39 is 49.8 Å². The number of carbonyl (C=O) groups is 3. The summed E-state index contributed by atoms with van der Waals surface area (Å²) in [6.45, 7) is 4.48. The molecule has 0 saturated carbocycles. The van der Waals surface area contributed by atoms with Gasteiger partial charge in [0.05, 0.1) is 35.6 Å². The van der Waals surface area contributed by atoms with Gasteiger partial charge >= 0.3 is 7.60 Å². The van der Waals surface area contributed by atoms with Crippen LogP contribution in [0.3, 0.4) is 0 Å². The molecular weight excluding hydrogens is 803 g/mol. The number of hydrogen-bond acceptors (Lipinski definition) is 10. The predicted molar refractivity (Wildman–Crippen MR) is 223 cm³/mol. The van der Waals surface area contributed by atoms with Crippen molar-refractivity contribution < 1.29 is 36.8 Å². The molecular formula is C42H53ClF2N7O6P. The normalized spacial score (nSPS) is 19.4. The molecule has 13 nitrogen and oxygen atoms in total. The van der Waals surface area contributed by atoms with E-state index in [1.807, 2.05) is 0 Å². The summed E-state index contributed by atoms with van der Waals surface area (Å²) in [5.41, 5.74) is 2.23. The average molecular weight is 856 g/mol. The standard InChI is InChI=1S/C42H53ClF2N7O6P/c1-4-57-59(56,58-5-2)37-21-35-33-20-32(37)30-23-48-42(49-24-30)46-16-14-12-10-8-6-7-9-11-13-15-28-17-29(39(45)34(43)18-28)22-47-41(55)36-19-31(44)25-51(36)38(54)26-52(35)50-40(33)27(3)53/h17-18,20-21,23-24,31,36H,4-16,19,22,25-26H2,1-3H3,(H,47,55)(H,46,48,49)/t31-,36+/m1/s1. The molecule has 2 atom stereocenters. The number of anilines is 1. The zero-order chi connectivity index (χ0) is 42.1. The fourth-order valence-electron chi connectivity index (χ4n) is 7.82. The number of aromatic nitrogens is 4. The first kappa shape index (κ1) is 44.3. The number of alkyl halides is 1. The molecule has 0 unspecified atom stereocenters. The van der Waals surface area contributed by atoms with Gasteiger partial charge in [0.1, 0.15) is 30.3 Å². The van der Waals surface area contributed by atoms with E-state index in [1.54, 1.807) is 44.4 Å². The highest BCUT2D eigenvalue weighted by Gasteiger charge is 2.40. The van der Waals surface area contributed by atoms with Gasteiger partial charge < -0.3 is 24.6 Å². The molecule has 9 rings (SSSR count). The van der Waals surface area contributed by atoms with E-state index in [0.717, 1.165) is 68.3 Å². The molecule has 4 aromatic rings. The molecule has 2 N–H and O–H groups in total. The minimum Gasteiger partial charge on any atom is -0.354 e. The third-order valence-electron chi connectivity index (χ3n) is 10.8. The number of nitrogens with zero attached hydrogens (tertiary/aromatic N) is 5. The molecule has 7 heterocycles. The molecule has 0 radical (unpaired) electrons. The highest BCUT2D eigenvalue weighted by molar-refractivity contribution is 7.62. The van der Waals surface area contributed by atoms with Crippen molar-refractivity contribution in [2.24, 2.45) is 0 Å². The fourth-order valence-corrected chi connectivity index (χ4v) is 9.89. The first-order chi connectivity index (χ1) is 28.4. The van der Waals surface area contributed by atoms with E-state index in [0.29, 0.717) is 35.4 Å². The lowest BCUT2D eigenvalue weighted by molar-refractivity contribution is -0.139. The Kier molecular flexibility index (Phi) is 15.2. The van der Waals surface area contributed by atoms with Crippen LogP contribution in [0.2, 0.25) is 5.02 Å². The van der Waals surface area contributed by atoms with Crippen molar-refractivity contribution in [1.82, 2.24) is 30.0 Å². The van der Waals surface area contributed by atoms with Crippen LogP contribution in [0.15, 0.2) is 36.7 Å². The Labute approximate surface area is 348 Å². The number of Topliss-reactive ketones (excluding diaryl/α,β-unsaturated/α-hetero) is 1. The molecule has 1 saturated heterocycles. The highest BCUT2D eigenvalue weighted by Crippen LogP contribution is 2.50. The van der Waals surface area contributed by atoms with E-state index in [4.69, 9.17) is 20.6 Å². The van der Waals surface area contributed by atoms with Crippen LogP contribution in [0.25, 0.3) is 22.0 Å². The lowest BCUT2D eigenvalue weighted by atomic mass is 10.0. The van der Waals surface area contributed by atoms with Crippen LogP contribution in [-0.2, 0) is 42.7 Å². The van der Waals surface area contributed by atoms with Crippen LogP contribution in [0.4, 0.5) is 14.7 Å². The number of rotatable bonds is 6. The maximum atomic E-state index is 15.2. The summed E-state index contributed by atoms with van der Waals surface area (Å²) < 4.78 is 57.5. The van der Waals surface area contributed by atoms with Crippen molar-refractivity contribution in [3.63, 3.8) is 0 Å². The van der Waals surface area contributed by atoms with Gasteiger partial charge in [0, 0.05) is 60.9 Å². The maximum Gasteiger partial charge on any atom is 0.362 e. The topological polar surface area (TPSA) is 158 Å². The summed E-state index contributed by atoms with van der Waals surface area (Å²) in [5.74, 6) is -1.90. The predicted octanol–water partition coefficient (Wildman–Crippen LogP) is 8.11. The van der Waals surface area contributed by atoms with Crippen LogP contribution < -0.4 is 15.9 Å². The molecule has 0 spiro atoms. The maximum absolute atomic E-state index is 15.2. The number of halogens is 3. The van der Waals surface area contributed by atoms with Crippen LogP contribution in [0, 0.1) is 5.82 Å². The molecule has 2 amide bonds. The Bertz CT molecular complexity index is 2180. The summed E-state index contributed by atoms with van der Waals surface area (Å²) >= 11 is 6.27. The van der Waals surface area contributed by atoms with Crippen molar-refractivity contribution in [3.8, 4) is 11.1 Å². The third kappa shape index (κ3) is 10.7. The monoisotopic (exact) mass is 855 g/mol. The molecule has 8 bridgehead atoms. The molecule has 318 valence electrons. The van der Waals surface area contributed by atoms with Gasteiger partial charge in [-0.15, -0.1) is 0 Å². The SMILES string of the molecule is CCOP(=O)(OCC)c1cc2c3cc1-c1cnc(nc1)NCCCCCCCCCCCc1cc(Cl)c(F)c(c1)CNC(=O)[C@@H]1C[C@@H](F)CN1C(=O)Cn2nc3C(C)=O. The lowest BCUT2D eigenvalue weighted by Gasteiger charge is -2.24. The number of hydrogen-bond donors (Lipinski definition) is 2. The van der Waals surface area contributed by atoms with E-state index in [1.165, 1.54) is 17.7 Å². The molecule has 17 heteroatoms. The number of aryl methyl sites for hydroxylation is 1. The largest absolute Gasteiger partial charge is 0.362 e. The highest BCUT2D eigenvalue weighted by atomic mass is 35.5. The van der Waals surface area contributed by atoms with Gasteiger partial charge in [0.15, 0.2) is 5.78 Å². The van der Waals surface area contributed by atoms with Crippen molar-refractivity contribution in [2.45, 2.75) is 117 Å². The Balaban J connectivity index is 1.36. The van der Waals surface area contributed by atoms with Gasteiger partial charge in [-0.3, -0.25) is 23.6 Å². The van der Waals surface area contributed by atoms with E-state index in [2.05, 4.69) is 25.7 Å². The first-order valence-corrected chi connectivity index (χ1v) is 22.5. The number of carbonyl (C=O) groups excluding carboxylic acids is 3. The summed E-state index contributed by atoms with van der Waals surface area (Å²) in [5, 5.41) is 10.9. The van der Waals surface area contributed by atoms with Crippen molar-refractivity contribution in [1.29, 1.82) is 0 Å². The van der Waals surface area contributed by atoms with Crippen molar-refractivity contribution in [2.75, 3.05) is 31.6 Å². The zero-order valence-electron chi connectivity index (χ0n) is 33.9. The Morgan fingerprint density at radius 3 is 2.27 bits per heavy atom. The van der Waals surface area contributed by atoms with Gasteiger partial charge in [-0.2, -0.15) is 5.10 Å². The second-order valence-electron chi connectivity index (χ2n) is 15.1. The smallest absolute Gasteiger partial charge is 0.354 e. The van der Waals surface area contributed by atoms with Gasteiger partial charge in [-0.05, 0) is 56.9 Å². The quantitative estimate of drug-likeness (QED) is 0.143. The minimum absolute atomic E-state index is 0.0374. The number of nitrogens with one attached hydrogen (secondary N) is 2. The van der Waals surface area contributed by atoms with Gasteiger partial charge in [0.25, 0.3) is 0 Å².